The van der Waals surface area contributed by atoms with Crippen molar-refractivity contribution in [1.82, 2.24) is 10.2 Å². The highest BCUT2D eigenvalue weighted by molar-refractivity contribution is 6.05. The second-order valence-corrected chi connectivity index (χ2v) is 11.0. The van der Waals surface area contributed by atoms with Crippen LogP contribution in [0.4, 0.5) is 10.1 Å². The summed E-state index contributed by atoms with van der Waals surface area (Å²) >= 11 is 0. The number of anilines is 1. The van der Waals surface area contributed by atoms with Gasteiger partial charge in [-0.2, -0.15) is 0 Å². The Bertz CT molecular complexity index is 1460. The Morgan fingerprint density at radius 2 is 1.70 bits per heavy atom. The average Bonchev–Trinajstić information content (AvgIpc) is 3.42. The third-order valence-electron chi connectivity index (χ3n) is 8.21. The Labute approximate surface area is 254 Å². The van der Waals surface area contributed by atoms with Crippen LogP contribution in [-0.4, -0.2) is 60.6 Å². The van der Waals surface area contributed by atoms with Crippen molar-refractivity contribution in [2.45, 2.75) is 70.2 Å². The summed E-state index contributed by atoms with van der Waals surface area (Å²) in [5, 5.41) is 5.93. The van der Waals surface area contributed by atoms with Gasteiger partial charge in [0.2, 0.25) is 5.91 Å². The highest BCUT2D eigenvalue weighted by Gasteiger charge is 2.39. The number of ether oxygens (including phenoxy) is 2. The molecule has 0 saturated carbocycles. The molecule has 2 N–H and O–H groups in total. The molecule has 6 rings (SSSR count). The van der Waals surface area contributed by atoms with Crippen LogP contribution in [0.15, 0.2) is 66.7 Å². The van der Waals surface area contributed by atoms with Gasteiger partial charge in [0.15, 0.2) is 0 Å². The first-order chi connectivity index (χ1) is 20.8. The first-order valence-corrected chi connectivity index (χ1v) is 15.0. The van der Waals surface area contributed by atoms with Crippen molar-refractivity contribution in [3.8, 4) is 5.75 Å². The van der Waals surface area contributed by atoms with Gasteiger partial charge in [0.1, 0.15) is 24.3 Å². The molecular formula is C34H42FN3O5. The molecule has 0 spiro atoms. The molecule has 3 aliphatic rings. The lowest BCUT2D eigenvalue weighted by Crippen LogP contribution is -2.54. The summed E-state index contributed by atoms with van der Waals surface area (Å²) in [6, 6.07) is 18.3. The molecule has 2 heterocycles. The standard InChI is InChI=1S/C32H32FN3O5.C2H6.2H2/c1-36-27-12-11-25(17-30(37)34-24-14-20-4-2-3-5-21(20)15-24)41-29(27)18-40-28-13-10-23(16-26(28)32(36)39)35-31(38)19-6-8-22(33)9-7-19;1-2;;/h2-10,13,16,24-25,27,29H,11-12,14-15,17-18H2,1H3,(H,34,37)(H,35,38);1-2H3;2*1H/t25-,27-,29-;;;/m0.../s1. The van der Waals surface area contributed by atoms with Crippen LogP contribution in [-0.2, 0) is 22.4 Å². The summed E-state index contributed by atoms with van der Waals surface area (Å²) in [7, 11) is 1.74. The van der Waals surface area contributed by atoms with E-state index in [4.69, 9.17) is 9.47 Å². The highest BCUT2D eigenvalue weighted by atomic mass is 19.1. The first kappa shape index (κ1) is 30.2. The van der Waals surface area contributed by atoms with Crippen molar-refractivity contribution in [3.63, 3.8) is 0 Å². The molecule has 8 nitrogen and oxygen atoms in total. The average molecular weight is 592 g/mol. The Morgan fingerprint density at radius 3 is 2.40 bits per heavy atom. The third kappa shape index (κ3) is 6.88. The fraction of sp³-hybridized carbons (Fsp3) is 0.382. The number of nitrogens with one attached hydrogen (secondary N) is 2. The molecule has 1 fully saturated rings. The number of carbonyl (C=O) groups excluding carboxylic acids is 3. The number of nitrogens with zero attached hydrogens (tertiary/aromatic N) is 1. The Balaban J connectivity index is 0.00000135. The molecule has 0 bridgehead atoms. The van der Waals surface area contributed by atoms with E-state index in [2.05, 4.69) is 22.8 Å². The second-order valence-electron chi connectivity index (χ2n) is 11.0. The molecule has 0 unspecified atom stereocenters. The van der Waals surface area contributed by atoms with Gasteiger partial charge in [-0.1, -0.05) is 38.1 Å². The summed E-state index contributed by atoms with van der Waals surface area (Å²) in [6.07, 6.45) is 2.65. The Kier molecular flexibility index (Phi) is 9.40. The zero-order chi connectivity index (χ0) is 30.5. The van der Waals surface area contributed by atoms with Gasteiger partial charge in [-0.3, -0.25) is 14.4 Å². The zero-order valence-corrected chi connectivity index (χ0v) is 24.8. The van der Waals surface area contributed by atoms with Crippen molar-refractivity contribution in [2.75, 3.05) is 19.0 Å². The number of benzene rings is 3. The normalized spacial score (nSPS) is 21.1. The molecule has 9 heteroatoms. The lowest BCUT2D eigenvalue weighted by atomic mass is 9.94. The Morgan fingerprint density at radius 1 is 1.00 bits per heavy atom. The van der Waals surface area contributed by atoms with E-state index in [-0.39, 0.29) is 52.0 Å². The van der Waals surface area contributed by atoms with Crippen LogP contribution in [0, 0.1) is 5.82 Å². The molecule has 1 saturated heterocycles. The second kappa shape index (κ2) is 13.4. The number of hydrogen-bond acceptors (Lipinski definition) is 5. The van der Waals surface area contributed by atoms with Crippen molar-refractivity contribution in [3.05, 3.63) is 94.8 Å². The highest BCUT2D eigenvalue weighted by Crippen LogP contribution is 2.33. The summed E-state index contributed by atoms with van der Waals surface area (Å²) in [5.41, 5.74) is 3.64. The molecule has 2 aliphatic heterocycles. The number of hydrogen-bond donors (Lipinski definition) is 2. The van der Waals surface area contributed by atoms with Crippen molar-refractivity contribution < 1.29 is 31.1 Å². The predicted octanol–water partition coefficient (Wildman–Crippen LogP) is 5.65. The number of halogens is 1. The molecule has 3 atom stereocenters. The minimum Gasteiger partial charge on any atom is -0.490 e. The maximum Gasteiger partial charge on any atom is 0.257 e. The molecule has 0 aromatic heterocycles. The quantitative estimate of drug-likeness (QED) is 0.400. The summed E-state index contributed by atoms with van der Waals surface area (Å²) in [6.45, 7) is 4.23. The van der Waals surface area contributed by atoms with Gasteiger partial charge in [-0.05, 0) is 79.3 Å². The van der Waals surface area contributed by atoms with Crippen LogP contribution in [0.25, 0.3) is 0 Å². The fourth-order valence-electron chi connectivity index (χ4n) is 6.06. The van der Waals surface area contributed by atoms with Crippen LogP contribution < -0.4 is 15.4 Å². The Hall–Kier alpha value is -4.24. The van der Waals surface area contributed by atoms with Crippen LogP contribution in [0.1, 0.15) is 67.8 Å². The van der Waals surface area contributed by atoms with Crippen LogP contribution in [0.2, 0.25) is 0 Å². The van der Waals surface area contributed by atoms with Crippen LogP contribution in [0.5, 0.6) is 5.75 Å². The van der Waals surface area contributed by atoms with E-state index in [0.29, 0.717) is 35.4 Å². The minimum atomic E-state index is -0.427. The topological polar surface area (TPSA) is 97.0 Å². The molecule has 43 heavy (non-hydrogen) atoms. The van der Waals surface area contributed by atoms with Crippen molar-refractivity contribution in [2.24, 2.45) is 0 Å². The van der Waals surface area contributed by atoms with E-state index >= 15 is 0 Å². The lowest BCUT2D eigenvalue weighted by molar-refractivity contribution is -0.134. The SMILES string of the molecule is CC.CN1C(=O)c2cc(NC(=O)c3ccc(F)cc3)ccc2OC[C@@H]2O[C@H](CC(=O)NC3Cc4ccccc4C3)CC[C@@H]21.[HH].[HH]. The van der Waals surface area contributed by atoms with E-state index < -0.39 is 11.7 Å². The van der Waals surface area contributed by atoms with Gasteiger partial charge >= 0.3 is 0 Å². The summed E-state index contributed by atoms with van der Waals surface area (Å²) in [5.74, 6) is -0.713. The van der Waals surface area contributed by atoms with Gasteiger partial charge < -0.3 is 25.0 Å². The zero-order valence-electron chi connectivity index (χ0n) is 24.8. The number of fused-ring (bicyclic) bond motifs is 3. The summed E-state index contributed by atoms with van der Waals surface area (Å²) in [4.78, 5) is 40.6. The maximum absolute atomic E-state index is 13.5. The molecule has 230 valence electrons. The third-order valence-corrected chi connectivity index (χ3v) is 8.21. The van der Waals surface area contributed by atoms with Gasteiger partial charge in [-0.25, -0.2) is 4.39 Å². The monoisotopic (exact) mass is 591 g/mol. The molecule has 3 amide bonds. The lowest BCUT2D eigenvalue weighted by Gasteiger charge is -2.42. The molecule has 3 aromatic carbocycles. The maximum atomic E-state index is 13.5. The van der Waals surface area contributed by atoms with E-state index in [1.54, 1.807) is 30.1 Å². The molecular weight excluding hydrogens is 549 g/mol. The van der Waals surface area contributed by atoms with Gasteiger partial charge in [-0.15, -0.1) is 0 Å². The van der Waals surface area contributed by atoms with Crippen LogP contribution >= 0.6 is 0 Å². The van der Waals surface area contributed by atoms with E-state index in [9.17, 15) is 18.8 Å². The molecule has 0 radical (unpaired) electrons. The van der Waals surface area contributed by atoms with E-state index in [1.165, 1.54) is 35.4 Å². The molecule has 3 aromatic rings. The number of rotatable bonds is 5. The first-order valence-electron chi connectivity index (χ1n) is 15.0. The van der Waals surface area contributed by atoms with Gasteiger partial charge in [0, 0.05) is 27.2 Å². The van der Waals surface area contributed by atoms with Crippen molar-refractivity contribution >= 4 is 23.4 Å². The minimum absolute atomic E-state index is 0. The van der Waals surface area contributed by atoms with Crippen LogP contribution in [0.3, 0.4) is 0 Å². The smallest absolute Gasteiger partial charge is 0.257 e. The summed E-state index contributed by atoms with van der Waals surface area (Å²) < 4.78 is 25.6. The van der Waals surface area contributed by atoms with E-state index in [0.717, 1.165) is 12.8 Å². The van der Waals surface area contributed by atoms with E-state index in [1.807, 2.05) is 26.0 Å². The number of likely N-dealkylation sites (N-methyl/N-ethyl adjacent to an activating group) is 1. The largest absolute Gasteiger partial charge is 0.490 e. The molecule has 1 aliphatic carbocycles. The van der Waals surface area contributed by atoms with Gasteiger partial charge in [0.25, 0.3) is 11.8 Å². The number of carbonyl (C=O) groups is 3. The number of amides is 3. The van der Waals surface area contributed by atoms with Crippen molar-refractivity contribution in [1.29, 1.82) is 0 Å². The van der Waals surface area contributed by atoms with Gasteiger partial charge in [0.05, 0.1) is 24.1 Å². The predicted molar refractivity (Wildman–Crippen MR) is 166 cm³/mol. The fourth-order valence-corrected chi connectivity index (χ4v) is 6.06.